The van der Waals surface area contributed by atoms with E-state index in [2.05, 4.69) is 26.4 Å². The third-order valence-electron chi connectivity index (χ3n) is 4.17. The highest BCUT2D eigenvalue weighted by Crippen LogP contribution is 2.28. The van der Waals surface area contributed by atoms with Gasteiger partial charge in [-0.3, -0.25) is 5.32 Å². The molecule has 2 aromatic heterocycles. The maximum absolute atomic E-state index is 10.8. The van der Waals surface area contributed by atoms with Crippen molar-refractivity contribution >= 4 is 23.4 Å². The van der Waals surface area contributed by atoms with Crippen molar-refractivity contribution in [3.8, 4) is 17.3 Å². The average molecular weight is 334 g/mol. The van der Waals surface area contributed by atoms with E-state index in [-0.39, 0.29) is 11.9 Å². The molecular weight excluding hydrogens is 320 g/mol. The zero-order valence-electron chi connectivity index (χ0n) is 13.1. The quantitative estimate of drug-likeness (QED) is 0.762. The molecule has 0 radical (unpaired) electrons. The molecule has 0 bridgehead atoms. The van der Waals surface area contributed by atoms with Crippen LogP contribution in [0.25, 0.3) is 16.9 Å². The van der Waals surface area contributed by atoms with Crippen molar-refractivity contribution in [3.05, 3.63) is 42.5 Å². The predicted molar refractivity (Wildman–Crippen MR) is 91.4 cm³/mol. The zero-order chi connectivity index (χ0) is 17.4. The average Bonchev–Trinajstić information content (AvgIpc) is 2.96. The van der Waals surface area contributed by atoms with Crippen LogP contribution in [0.1, 0.15) is 0 Å². The molecule has 1 amide bonds. The summed E-state index contributed by atoms with van der Waals surface area (Å²) in [5.41, 5.74) is 3.39. The second kappa shape index (κ2) is 5.79. The molecule has 8 heteroatoms. The minimum atomic E-state index is -1.20. The molecule has 0 spiro atoms. The molecule has 3 aromatic rings. The number of hydrogen-bond acceptors (Lipinski definition) is 5. The van der Waals surface area contributed by atoms with Crippen LogP contribution in [0.2, 0.25) is 0 Å². The van der Waals surface area contributed by atoms with E-state index in [1.807, 2.05) is 36.4 Å². The van der Waals surface area contributed by atoms with E-state index in [4.69, 9.17) is 10.4 Å². The Morgan fingerprint density at radius 3 is 2.68 bits per heavy atom. The van der Waals surface area contributed by atoms with Gasteiger partial charge in [0.05, 0.1) is 17.7 Å². The highest BCUT2D eigenvalue weighted by atomic mass is 16.4. The van der Waals surface area contributed by atoms with Crippen molar-refractivity contribution < 1.29 is 9.90 Å². The summed E-state index contributed by atoms with van der Waals surface area (Å²) in [5.74, 6) is 0.156. The van der Waals surface area contributed by atoms with E-state index in [9.17, 15) is 4.79 Å². The summed E-state index contributed by atoms with van der Waals surface area (Å²) >= 11 is 0. The second-order valence-corrected chi connectivity index (χ2v) is 5.82. The number of pyridine rings is 1. The summed E-state index contributed by atoms with van der Waals surface area (Å²) in [5, 5.41) is 24.0. The smallest absolute Gasteiger partial charge is 0.411 e. The van der Waals surface area contributed by atoms with Gasteiger partial charge >= 0.3 is 6.09 Å². The van der Waals surface area contributed by atoms with Crippen molar-refractivity contribution in [2.24, 2.45) is 5.92 Å². The Kier molecular flexibility index (Phi) is 3.47. The number of benzene rings is 1. The molecule has 3 heterocycles. The van der Waals surface area contributed by atoms with Crippen LogP contribution in [0.15, 0.2) is 42.5 Å². The Bertz CT molecular complexity index is 983. The first-order valence-corrected chi connectivity index (χ1v) is 7.75. The molecule has 1 aliphatic heterocycles. The van der Waals surface area contributed by atoms with E-state index < -0.39 is 6.09 Å². The van der Waals surface area contributed by atoms with Gasteiger partial charge in [-0.05, 0) is 24.3 Å². The summed E-state index contributed by atoms with van der Waals surface area (Å²) < 4.78 is 1.61. The number of nitrogens with zero attached hydrogens (tertiary/aromatic N) is 5. The maximum Gasteiger partial charge on any atom is 0.411 e. The minimum Gasteiger partial charge on any atom is -0.465 e. The summed E-state index contributed by atoms with van der Waals surface area (Å²) in [4.78, 5) is 17.1. The van der Waals surface area contributed by atoms with Crippen LogP contribution in [-0.4, -0.2) is 38.9 Å². The number of nitrogens with one attached hydrogen (secondary N) is 1. The van der Waals surface area contributed by atoms with Crippen LogP contribution >= 0.6 is 0 Å². The summed E-state index contributed by atoms with van der Waals surface area (Å²) in [6.45, 7) is 1.53. The van der Waals surface area contributed by atoms with Crippen LogP contribution in [0.5, 0.6) is 0 Å². The van der Waals surface area contributed by atoms with Gasteiger partial charge in [-0.15, -0.1) is 5.10 Å². The van der Waals surface area contributed by atoms with Crippen LogP contribution in [0, 0.1) is 17.2 Å². The number of nitriles is 1. The fourth-order valence-electron chi connectivity index (χ4n) is 2.89. The number of anilines is 2. The molecule has 124 valence electrons. The van der Waals surface area contributed by atoms with Gasteiger partial charge in [0.25, 0.3) is 5.95 Å². The standard InChI is InChI=1S/C17H14N6O2/c18-8-11-9-22(10-11)13-6-4-12(5-7-13)14-2-1-3-15-19-16(20-17(24)25)21-23(14)15/h1-7,11H,9-10H2,(H,20,21)(H,24,25). The summed E-state index contributed by atoms with van der Waals surface area (Å²) in [7, 11) is 0. The zero-order valence-corrected chi connectivity index (χ0v) is 13.1. The Labute approximate surface area is 142 Å². The molecule has 0 aliphatic carbocycles. The van der Waals surface area contributed by atoms with Gasteiger partial charge in [0.2, 0.25) is 0 Å². The van der Waals surface area contributed by atoms with E-state index in [0.29, 0.717) is 5.65 Å². The third-order valence-corrected chi connectivity index (χ3v) is 4.17. The van der Waals surface area contributed by atoms with Gasteiger partial charge in [-0.2, -0.15) is 10.2 Å². The first-order chi connectivity index (χ1) is 12.1. The number of carboxylic acid groups (broad SMARTS) is 1. The Hall–Kier alpha value is -3.60. The van der Waals surface area contributed by atoms with Crippen molar-refractivity contribution in [1.29, 1.82) is 5.26 Å². The van der Waals surface area contributed by atoms with Gasteiger partial charge < -0.3 is 10.0 Å². The molecule has 4 rings (SSSR count). The van der Waals surface area contributed by atoms with Crippen molar-refractivity contribution in [2.75, 3.05) is 23.3 Å². The molecule has 1 aromatic carbocycles. The summed E-state index contributed by atoms with van der Waals surface area (Å²) in [6.07, 6.45) is -1.20. The molecule has 1 fully saturated rings. The van der Waals surface area contributed by atoms with Crippen molar-refractivity contribution in [1.82, 2.24) is 14.6 Å². The van der Waals surface area contributed by atoms with Crippen LogP contribution in [-0.2, 0) is 0 Å². The Morgan fingerprint density at radius 2 is 2.00 bits per heavy atom. The number of hydrogen-bond donors (Lipinski definition) is 2. The molecule has 25 heavy (non-hydrogen) atoms. The number of aromatic nitrogens is 3. The molecule has 1 saturated heterocycles. The molecule has 8 nitrogen and oxygen atoms in total. The predicted octanol–water partition coefficient (Wildman–Crippen LogP) is 2.45. The highest BCUT2D eigenvalue weighted by Gasteiger charge is 2.26. The molecule has 0 saturated carbocycles. The molecule has 0 atom stereocenters. The SMILES string of the molecule is N#CC1CN(c2ccc(-c3cccc4nc(NC(=O)O)nn34)cc2)C1. The molecule has 2 N–H and O–H groups in total. The van der Waals surface area contributed by atoms with E-state index in [1.54, 1.807) is 10.6 Å². The molecular formula is C17H14N6O2. The maximum atomic E-state index is 10.8. The van der Waals surface area contributed by atoms with E-state index in [0.717, 1.165) is 30.0 Å². The van der Waals surface area contributed by atoms with Crippen LogP contribution in [0.4, 0.5) is 16.4 Å². The van der Waals surface area contributed by atoms with Gasteiger partial charge in [0, 0.05) is 24.3 Å². The van der Waals surface area contributed by atoms with Gasteiger partial charge in [0.1, 0.15) is 0 Å². The van der Waals surface area contributed by atoms with Crippen LogP contribution < -0.4 is 10.2 Å². The fraction of sp³-hybridized carbons (Fsp3) is 0.176. The van der Waals surface area contributed by atoms with E-state index in [1.165, 1.54) is 0 Å². The molecule has 1 aliphatic rings. The van der Waals surface area contributed by atoms with Crippen molar-refractivity contribution in [2.45, 2.75) is 0 Å². The topological polar surface area (TPSA) is 107 Å². The first kappa shape index (κ1) is 15.0. The second-order valence-electron chi connectivity index (χ2n) is 5.82. The Balaban J connectivity index is 1.64. The van der Waals surface area contributed by atoms with Crippen LogP contribution in [0.3, 0.4) is 0 Å². The number of fused-ring (bicyclic) bond motifs is 1. The highest BCUT2D eigenvalue weighted by molar-refractivity contribution is 5.80. The normalized spacial score (nSPS) is 14.1. The summed E-state index contributed by atoms with van der Waals surface area (Å²) in [6, 6.07) is 15.8. The minimum absolute atomic E-state index is 0.0414. The van der Waals surface area contributed by atoms with Gasteiger partial charge in [-0.25, -0.2) is 9.31 Å². The number of carbonyl (C=O) groups is 1. The van der Waals surface area contributed by atoms with Gasteiger partial charge in [0.15, 0.2) is 5.65 Å². The number of rotatable bonds is 3. The lowest BCUT2D eigenvalue weighted by Gasteiger charge is -2.37. The first-order valence-electron chi connectivity index (χ1n) is 7.75. The monoisotopic (exact) mass is 334 g/mol. The number of amides is 1. The fourth-order valence-corrected chi connectivity index (χ4v) is 2.89. The lowest BCUT2D eigenvalue weighted by molar-refractivity contribution is 0.209. The lowest BCUT2D eigenvalue weighted by atomic mass is 10.0. The van der Waals surface area contributed by atoms with Gasteiger partial charge in [-0.1, -0.05) is 18.2 Å². The van der Waals surface area contributed by atoms with E-state index >= 15 is 0 Å². The molecule has 0 unspecified atom stereocenters. The lowest BCUT2D eigenvalue weighted by Crippen LogP contribution is -2.45. The third kappa shape index (κ3) is 2.72. The van der Waals surface area contributed by atoms with Crippen molar-refractivity contribution in [3.63, 3.8) is 0 Å². The largest absolute Gasteiger partial charge is 0.465 e. The Morgan fingerprint density at radius 1 is 1.24 bits per heavy atom.